The quantitative estimate of drug-likeness (QED) is 0.335. The molecule has 1 unspecified atom stereocenters. The largest absolute Gasteiger partial charge is 0.489 e. The highest BCUT2D eigenvalue weighted by molar-refractivity contribution is 6.31. The van der Waals surface area contributed by atoms with Gasteiger partial charge in [0, 0.05) is 10.6 Å². The number of amides is 2. The van der Waals surface area contributed by atoms with Crippen molar-refractivity contribution in [3.8, 4) is 5.75 Å². The first-order chi connectivity index (χ1) is 16.3. The Morgan fingerprint density at radius 3 is 2.41 bits per heavy atom. The van der Waals surface area contributed by atoms with Crippen molar-refractivity contribution < 1.29 is 18.7 Å². The van der Waals surface area contributed by atoms with Crippen LogP contribution in [0.4, 0.5) is 4.39 Å². The first-order valence-corrected chi connectivity index (χ1v) is 11.1. The van der Waals surface area contributed by atoms with Crippen LogP contribution in [0.1, 0.15) is 35.3 Å². The molecule has 0 saturated carbocycles. The van der Waals surface area contributed by atoms with Crippen LogP contribution in [0, 0.1) is 11.7 Å². The van der Waals surface area contributed by atoms with Crippen molar-refractivity contribution in [3.63, 3.8) is 0 Å². The molecule has 0 bridgehead atoms. The molecule has 0 spiro atoms. The lowest BCUT2D eigenvalue weighted by molar-refractivity contribution is -0.123. The molecule has 2 amide bonds. The Balaban J connectivity index is 1.52. The van der Waals surface area contributed by atoms with Crippen molar-refractivity contribution in [2.24, 2.45) is 11.0 Å². The predicted octanol–water partition coefficient (Wildman–Crippen LogP) is 4.96. The highest BCUT2D eigenvalue weighted by atomic mass is 35.5. The third kappa shape index (κ3) is 7.42. The number of nitrogens with zero attached hydrogens (tertiary/aromatic N) is 1. The second kappa shape index (κ2) is 12.0. The van der Waals surface area contributed by atoms with Crippen molar-refractivity contribution in [1.29, 1.82) is 0 Å². The van der Waals surface area contributed by atoms with Crippen LogP contribution in [-0.4, -0.2) is 24.1 Å². The standard InChI is InChI=1S/C26H25ClFN3O3/c1-17(2)24(30-25(32)20-4-3-5-21(27)14-20)26(33)31-29-15-18-8-12-23(13-9-18)34-16-19-6-10-22(28)11-7-19/h3-15,17,24H,16H2,1-2H3,(H,30,32)(H,31,33). The number of ether oxygens (including phenoxy) is 1. The molecule has 3 rings (SSSR count). The average molecular weight is 482 g/mol. The van der Waals surface area contributed by atoms with Crippen LogP contribution < -0.4 is 15.5 Å². The Bertz CT molecular complexity index is 1150. The van der Waals surface area contributed by atoms with Crippen molar-refractivity contribution >= 4 is 29.6 Å². The molecular formula is C26H25ClFN3O3. The van der Waals surface area contributed by atoms with Crippen LogP contribution in [0.5, 0.6) is 5.75 Å². The number of carbonyl (C=O) groups is 2. The number of carbonyl (C=O) groups excluding carboxylic acids is 2. The maximum absolute atomic E-state index is 13.0. The number of nitrogens with one attached hydrogen (secondary N) is 2. The van der Waals surface area contributed by atoms with Crippen LogP contribution in [0.25, 0.3) is 0 Å². The molecule has 3 aromatic carbocycles. The summed E-state index contributed by atoms with van der Waals surface area (Å²) in [6.07, 6.45) is 1.50. The highest BCUT2D eigenvalue weighted by Gasteiger charge is 2.24. The van der Waals surface area contributed by atoms with E-state index >= 15 is 0 Å². The zero-order chi connectivity index (χ0) is 24.5. The van der Waals surface area contributed by atoms with Gasteiger partial charge in [-0.2, -0.15) is 5.10 Å². The zero-order valence-corrected chi connectivity index (χ0v) is 19.6. The van der Waals surface area contributed by atoms with Crippen molar-refractivity contribution in [3.05, 3.63) is 100 Å². The fourth-order valence-electron chi connectivity index (χ4n) is 3.03. The molecule has 6 nitrogen and oxygen atoms in total. The minimum atomic E-state index is -0.772. The topological polar surface area (TPSA) is 79.8 Å². The van der Waals surface area contributed by atoms with Crippen molar-refractivity contribution in [2.45, 2.75) is 26.5 Å². The molecule has 1 atom stereocenters. The molecule has 0 aliphatic heterocycles. The van der Waals surface area contributed by atoms with Crippen LogP contribution in [0.3, 0.4) is 0 Å². The summed E-state index contributed by atoms with van der Waals surface area (Å²) in [5.41, 5.74) is 4.45. The van der Waals surface area contributed by atoms with E-state index in [4.69, 9.17) is 16.3 Å². The van der Waals surface area contributed by atoms with Gasteiger partial charge in [0.15, 0.2) is 0 Å². The van der Waals surface area contributed by atoms with Gasteiger partial charge in [-0.05, 0) is 71.6 Å². The molecule has 0 fully saturated rings. The second-order valence-electron chi connectivity index (χ2n) is 7.92. The molecule has 0 aliphatic carbocycles. The van der Waals surface area contributed by atoms with Gasteiger partial charge >= 0.3 is 0 Å². The summed E-state index contributed by atoms with van der Waals surface area (Å²) < 4.78 is 18.6. The maximum atomic E-state index is 13.0. The number of hydrogen-bond acceptors (Lipinski definition) is 4. The summed E-state index contributed by atoms with van der Waals surface area (Å²) in [6.45, 7) is 3.98. The average Bonchev–Trinajstić information content (AvgIpc) is 2.82. The van der Waals surface area contributed by atoms with Gasteiger partial charge in [-0.1, -0.05) is 43.6 Å². The van der Waals surface area contributed by atoms with Crippen LogP contribution in [0.2, 0.25) is 5.02 Å². The SMILES string of the molecule is CC(C)C(NC(=O)c1cccc(Cl)c1)C(=O)NN=Cc1ccc(OCc2ccc(F)cc2)cc1. The van der Waals surface area contributed by atoms with E-state index in [-0.39, 0.29) is 11.7 Å². The van der Waals surface area contributed by atoms with E-state index in [1.165, 1.54) is 24.4 Å². The highest BCUT2D eigenvalue weighted by Crippen LogP contribution is 2.14. The predicted molar refractivity (Wildman–Crippen MR) is 130 cm³/mol. The molecule has 2 N–H and O–H groups in total. The second-order valence-corrected chi connectivity index (χ2v) is 8.36. The normalized spacial score (nSPS) is 11.9. The number of benzene rings is 3. The van der Waals surface area contributed by atoms with Crippen molar-refractivity contribution in [1.82, 2.24) is 10.7 Å². The van der Waals surface area contributed by atoms with E-state index < -0.39 is 17.9 Å². The van der Waals surface area contributed by atoms with Gasteiger partial charge in [0.05, 0.1) is 6.21 Å². The molecule has 8 heteroatoms. The number of halogens is 2. The summed E-state index contributed by atoms with van der Waals surface area (Å²) in [7, 11) is 0. The van der Waals surface area contributed by atoms with Gasteiger partial charge < -0.3 is 10.1 Å². The van der Waals surface area contributed by atoms with Crippen LogP contribution in [0.15, 0.2) is 77.9 Å². The minimum absolute atomic E-state index is 0.157. The Morgan fingerprint density at radius 2 is 1.76 bits per heavy atom. The van der Waals surface area contributed by atoms with E-state index in [0.717, 1.165) is 11.1 Å². The van der Waals surface area contributed by atoms with Crippen LogP contribution >= 0.6 is 11.6 Å². The summed E-state index contributed by atoms with van der Waals surface area (Å²) in [6, 6.07) is 19.0. The van der Waals surface area contributed by atoms with E-state index in [0.29, 0.717) is 22.9 Å². The molecule has 0 radical (unpaired) electrons. The van der Waals surface area contributed by atoms with Crippen molar-refractivity contribution in [2.75, 3.05) is 0 Å². The fourth-order valence-corrected chi connectivity index (χ4v) is 3.22. The zero-order valence-electron chi connectivity index (χ0n) is 18.8. The molecule has 0 aliphatic rings. The Morgan fingerprint density at radius 1 is 1.06 bits per heavy atom. The molecule has 0 heterocycles. The summed E-state index contributed by atoms with van der Waals surface area (Å²) in [4.78, 5) is 25.1. The number of hydrazone groups is 1. The first kappa shape index (κ1) is 24.9. The lowest BCUT2D eigenvalue weighted by Gasteiger charge is -2.20. The van der Waals surface area contributed by atoms with Crippen LogP contribution in [-0.2, 0) is 11.4 Å². The molecule has 34 heavy (non-hydrogen) atoms. The van der Waals surface area contributed by atoms with E-state index in [1.54, 1.807) is 54.6 Å². The minimum Gasteiger partial charge on any atom is -0.489 e. The fraction of sp³-hybridized carbons (Fsp3) is 0.192. The summed E-state index contributed by atoms with van der Waals surface area (Å²) in [5.74, 6) is -0.620. The number of rotatable bonds is 9. The van der Waals surface area contributed by atoms with E-state index in [1.807, 2.05) is 13.8 Å². The smallest absolute Gasteiger partial charge is 0.262 e. The first-order valence-electron chi connectivity index (χ1n) is 10.7. The summed E-state index contributed by atoms with van der Waals surface area (Å²) >= 11 is 5.94. The Kier molecular flexibility index (Phi) is 8.76. The molecule has 0 saturated heterocycles. The molecule has 176 valence electrons. The Labute approximate surface area is 202 Å². The maximum Gasteiger partial charge on any atom is 0.262 e. The third-order valence-corrected chi connectivity index (χ3v) is 5.14. The number of hydrogen-bond donors (Lipinski definition) is 2. The summed E-state index contributed by atoms with van der Waals surface area (Å²) in [5, 5.41) is 7.16. The Hall–Kier alpha value is -3.71. The molecule has 3 aromatic rings. The lowest BCUT2D eigenvalue weighted by atomic mass is 10.0. The van der Waals surface area contributed by atoms with Gasteiger partial charge in [-0.3, -0.25) is 9.59 Å². The van der Waals surface area contributed by atoms with E-state index in [2.05, 4.69) is 15.8 Å². The van der Waals surface area contributed by atoms with Gasteiger partial charge in [-0.25, -0.2) is 9.82 Å². The lowest BCUT2D eigenvalue weighted by Crippen LogP contribution is -2.48. The third-order valence-electron chi connectivity index (χ3n) is 4.91. The monoisotopic (exact) mass is 481 g/mol. The van der Waals surface area contributed by atoms with E-state index in [9.17, 15) is 14.0 Å². The molecular weight excluding hydrogens is 457 g/mol. The van der Waals surface area contributed by atoms with Gasteiger partial charge in [0.1, 0.15) is 24.2 Å². The van der Waals surface area contributed by atoms with Gasteiger partial charge in [0.25, 0.3) is 11.8 Å². The van der Waals surface area contributed by atoms with Gasteiger partial charge in [0.2, 0.25) is 0 Å². The molecule has 0 aromatic heterocycles. The van der Waals surface area contributed by atoms with Gasteiger partial charge in [-0.15, -0.1) is 0 Å².